The van der Waals surface area contributed by atoms with Crippen molar-refractivity contribution in [1.29, 1.82) is 5.26 Å². The maximum Gasteiger partial charge on any atom is 0.233 e. The molecule has 6 heteroatoms. The van der Waals surface area contributed by atoms with E-state index in [1.165, 1.54) is 0 Å². The van der Waals surface area contributed by atoms with E-state index in [9.17, 15) is 8.42 Å². The van der Waals surface area contributed by atoms with Gasteiger partial charge in [0.15, 0.2) is 0 Å². The van der Waals surface area contributed by atoms with E-state index < -0.39 is 9.05 Å². The van der Waals surface area contributed by atoms with Gasteiger partial charge in [-0.05, 0) is 29.7 Å². The number of nitriles is 1. The van der Waals surface area contributed by atoms with Crippen molar-refractivity contribution in [2.75, 3.05) is 12.4 Å². The van der Waals surface area contributed by atoms with E-state index in [0.717, 1.165) is 0 Å². The first-order valence-electron chi connectivity index (χ1n) is 6.17. The molecule has 1 aromatic rings. The molecule has 0 saturated carbocycles. The number of rotatable bonds is 5. The molecule has 4 nitrogen and oxygen atoms in total. The molecular weight excluding hydrogens is 298 g/mol. The normalized spacial score (nSPS) is 13.6. The molecule has 1 aromatic carbocycles. The van der Waals surface area contributed by atoms with Gasteiger partial charge in [-0.1, -0.05) is 20.8 Å². The summed E-state index contributed by atoms with van der Waals surface area (Å²) in [5.41, 5.74) is 0.308. The van der Waals surface area contributed by atoms with Gasteiger partial charge in [-0.25, -0.2) is 8.42 Å². The van der Waals surface area contributed by atoms with Crippen LogP contribution in [0.25, 0.3) is 0 Å². The lowest BCUT2D eigenvalue weighted by atomic mass is 9.82. The van der Waals surface area contributed by atoms with Gasteiger partial charge in [0, 0.05) is 16.6 Å². The highest BCUT2D eigenvalue weighted by Crippen LogP contribution is 2.29. The molecule has 110 valence electrons. The zero-order valence-electron chi connectivity index (χ0n) is 11.8. The third-order valence-electron chi connectivity index (χ3n) is 3.06. The van der Waals surface area contributed by atoms with E-state index >= 15 is 0 Å². The van der Waals surface area contributed by atoms with E-state index in [1.807, 2.05) is 26.8 Å². The highest BCUT2D eigenvalue weighted by atomic mass is 35.7. The van der Waals surface area contributed by atoms with Crippen molar-refractivity contribution in [3.05, 3.63) is 29.8 Å². The van der Waals surface area contributed by atoms with E-state index in [-0.39, 0.29) is 23.7 Å². The molecule has 0 heterocycles. The fourth-order valence-corrected chi connectivity index (χ4v) is 3.14. The van der Waals surface area contributed by atoms with Crippen LogP contribution < -0.4 is 4.74 Å². The summed E-state index contributed by atoms with van der Waals surface area (Å²) >= 11 is 0. The molecule has 0 aliphatic heterocycles. The predicted molar refractivity (Wildman–Crippen MR) is 79.2 cm³/mol. The summed E-state index contributed by atoms with van der Waals surface area (Å²) in [5.74, 6) is 0.250. The summed E-state index contributed by atoms with van der Waals surface area (Å²) in [4.78, 5) is 0. The van der Waals surface area contributed by atoms with Gasteiger partial charge >= 0.3 is 0 Å². The largest absolute Gasteiger partial charge is 0.493 e. The van der Waals surface area contributed by atoms with Crippen molar-refractivity contribution in [2.45, 2.75) is 20.8 Å². The van der Waals surface area contributed by atoms with Gasteiger partial charge < -0.3 is 4.74 Å². The Kier molecular flexibility index (Phi) is 5.43. The SMILES string of the molecule is CC(C)(C)C(COc1ccc(C#N)cc1)CS(=O)(=O)Cl. The molecule has 0 radical (unpaired) electrons. The Balaban J connectivity index is 2.73. The number of ether oxygens (including phenoxy) is 1. The molecule has 1 unspecified atom stereocenters. The molecule has 0 saturated heterocycles. The molecular formula is C14H18ClNO3S. The Morgan fingerprint density at radius 1 is 1.30 bits per heavy atom. The Morgan fingerprint density at radius 2 is 1.85 bits per heavy atom. The quantitative estimate of drug-likeness (QED) is 0.783. The van der Waals surface area contributed by atoms with Gasteiger partial charge in [0.1, 0.15) is 5.75 Å². The lowest BCUT2D eigenvalue weighted by Gasteiger charge is -2.29. The predicted octanol–water partition coefficient (Wildman–Crippen LogP) is 3.17. The number of nitrogens with zero attached hydrogens (tertiary/aromatic N) is 1. The molecule has 0 bridgehead atoms. The first-order valence-corrected chi connectivity index (χ1v) is 8.65. The van der Waals surface area contributed by atoms with Crippen LogP contribution in [0.15, 0.2) is 24.3 Å². The minimum absolute atomic E-state index is 0.131. The van der Waals surface area contributed by atoms with Crippen molar-refractivity contribution in [3.8, 4) is 11.8 Å². The van der Waals surface area contributed by atoms with Crippen molar-refractivity contribution in [3.63, 3.8) is 0 Å². The maximum atomic E-state index is 11.3. The van der Waals surface area contributed by atoms with Gasteiger partial charge in [0.2, 0.25) is 9.05 Å². The van der Waals surface area contributed by atoms with Gasteiger partial charge in [-0.2, -0.15) is 5.26 Å². The first-order chi connectivity index (χ1) is 9.12. The Labute approximate surface area is 124 Å². The lowest BCUT2D eigenvalue weighted by Crippen LogP contribution is -2.31. The van der Waals surface area contributed by atoms with Crippen LogP contribution in [0.2, 0.25) is 0 Å². The smallest absolute Gasteiger partial charge is 0.233 e. The van der Waals surface area contributed by atoms with Crippen LogP contribution in [0, 0.1) is 22.7 Å². The van der Waals surface area contributed by atoms with Crippen LogP contribution in [-0.2, 0) is 9.05 Å². The summed E-state index contributed by atoms with van der Waals surface area (Å²) in [6, 6.07) is 8.70. The van der Waals surface area contributed by atoms with Crippen LogP contribution in [0.3, 0.4) is 0 Å². The van der Waals surface area contributed by atoms with Crippen LogP contribution in [0.5, 0.6) is 5.75 Å². The number of hydrogen-bond acceptors (Lipinski definition) is 4. The van der Waals surface area contributed by atoms with Crippen molar-refractivity contribution in [2.24, 2.45) is 11.3 Å². The molecule has 0 aliphatic rings. The molecule has 0 spiro atoms. The number of halogens is 1. The number of hydrogen-bond donors (Lipinski definition) is 0. The second kappa shape index (κ2) is 6.47. The first kappa shape index (κ1) is 16.8. The molecule has 0 amide bonds. The lowest BCUT2D eigenvalue weighted by molar-refractivity contribution is 0.163. The Bertz CT molecular complexity index is 582. The molecule has 1 atom stereocenters. The average Bonchev–Trinajstić information content (AvgIpc) is 2.32. The number of benzene rings is 1. The van der Waals surface area contributed by atoms with E-state index in [0.29, 0.717) is 11.3 Å². The monoisotopic (exact) mass is 315 g/mol. The zero-order chi connectivity index (χ0) is 15.4. The highest BCUT2D eigenvalue weighted by molar-refractivity contribution is 8.13. The Morgan fingerprint density at radius 3 is 2.25 bits per heavy atom. The molecule has 0 aliphatic carbocycles. The van der Waals surface area contributed by atoms with Gasteiger partial charge in [0.25, 0.3) is 0 Å². The van der Waals surface area contributed by atoms with Crippen LogP contribution in [-0.4, -0.2) is 20.8 Å². The van der Waals surface area contributed by atoms with Crippen molar-refractivity contribution in [1.82, 2.24) is 0 Å². The third kappa shape index (κ3) is 5.81. The standard InChI is InChI=1S/C14H18ClNO3S/c1-14(2,3)12(10-20(15,17)18)9-19-13-6-4-11(8-16)5-7-13/h4-7,12H,9-10H2,1-3H3. The molecule has 20 heavy (non-hydrogen) atoms. The second-order valence-corrected chi connectivity index (χ2v) is 8.54. The minimum Gasteiger partial charge on any atom is -0.493 e. The second-order valence-electron chi connectivity index (χ2n) is 5.72. The Hall–Kier alpha value is -1.25. The molecule has 0 aromatic heterocycles. The van der Waals surface area contributed by atoms with Crippen molar-refractivity contribution >= 4 is 19.7 Å². The van der Waals surface area contributed by atoms with Gasteiger partial charge in [-0.3, -0.25) is 0 Å². The molecule has 0 N–H and O–H groups in total. The summed E-state index contributed by atoms with van der Waals surface area (Å²) in [7, 11) is 1.76. The van der Waals surface area contributed by atoms with Crippen LogP contribution in [0.4, 0.5) is 0 Å². The maximum absolute atomic E-state index is 11.3. The summed E-state index contributed by atoms with van der Waals surface area (Å²) < 4.78 is 28.1. The van der Waals surface area contributed by atoms with E-state index in [4.69, 9.17) is 20.7 Å². The van der Waals surface area contributed by atoms with E-state index in [2.05, 4.69) is 0 Å². The van der Waals surface area contributed by atoms with E-state index in [1.54, 1.807) is 24.3 Å². The third-order valence-corrected chi connectivity index (χ3v) is 4.24. The summed E-state index contributed by atoms with van der Waals surface area (Å²) in [5, 5.41) is 8.71. The fourth-order valence-electron chi connectivity index (χ4n) is 1.61. The summed E-state index contributed by atoms with van der Waals surface area (Å²) in [6.07, 6.45) is 0. The topological polar surface area (TPSA) is 67.2 Å². The highest BCUT2D eigenvalue weighted by Gasteiger charge is 2.29. The average molecular weight is 316 g/mol. The molecule has 0 fully saturated rings. The summed E-state index contributed by atoms with van der Waals surface area (Å²) in [6.45, 7) is 6.09. The van der Waals surface area contributed by atoms with Crippen LogP contribution >= 0.6 is 10.7 Å². The molecule has 1 rings (SSSR count). The minimum atomic E-state index is -3.57. The van der Waals surface area contributed by atoms with Crippen molar-refractivity contribution < 1.29 is 13.2 Å². The zero-order valence-corrected chi connectivity index (χ0v) is 13.3. The van der Waals surface area contributed by atoms with Gasteiger partial charge in [0.05, 0.1) is 24.0 Å². The van der Waals surface area contributed by atoms with Gasteiger partial charge in [-0.15, -0.1) is 0 Å². The van der Waals surface area contributed by atoms with Crippen LogP contribution in [0.1, 0.15) is 26.3 Å². The fraction of sp³-hybridized carbons (Fsp3) is 0.500.